The largest absolute Gasteiger partial charge is 0.417 e. The van der Waals surface area contributed by atoms with Gasteiger partial charge in [0.15, 0.2) is 5.82 Å². The number of alkyl halides is 3. The molecule has 13 heteroatoms. The van der Waals surface area contributed by atoms with Gasteiger partial charge in [0.1, 0.15) is 5.65 Å². The Bertz CT molecular complexity index is 2220. The summed E-state index contributed by atoms with van der Waals surface area (Å²) in [4.78, 5) is 30.0. The average molecular weight is 705 g/mol. The third-order valence-electron chi connectivity index (χ3n) is 8.82. The number of amides is 1. The molecule has 1 atom stereocenters. The van der Waals surface area contributed by atoms with E-state index in [0.29, 0.717) is 41.3 Å². The molecule has 0 saturated heterocycles. The van der Waals surface area contributed by atoms with Gasteiger partial charge in [0, 0.05) is 52.5 Å². The SMILES string of the molecule is CCC1Cc2c(n3ncc(Cc4ccccc4)c3n(-c3ccc4c(NC)n[nH]c4c3)c2=O)CN1C(=O)c1ccc(Br)c(C(F)(F)F)c1. The molecular weight excluding hydrogens is 675 g/mol. The second-order valence-electron chi connectivity index (χ2n) is 11.6. The Balaban J connectivity index is 1.40. The molecule has 3 aromatic carbocycles. The fourth-order valence-corrected chi connectivity index (χ4v) is 6.93. The van der Waals surface area contributed by atoms with Crippen LogP contribution in [0.4, 0.5) is 19.0 Å². The maximum absolute atomic E-state index is 14.6. The summed E-state index contributed by atoms with van der Waals surface area (Å²) in [6, 6.07) is 18.6. The van der Waals surface area contributed by atoms with Crippen LogP contribution in [0, 0.1) is 0 Å². The monoisotopic (exact) mass is 703 g/mol. The highest BCUT2D eigenvalue weighted by Gasteiger charge is 2.37. The molecule has 0 aliphatic carbocycles. The van der Waals surface area contributed by atoms with Crippen molar-refractivity contribution >= 4 is 44.2 Å². The van der Waals surface area contributed by atoms with Gasteiger partial charge < -0.3 is 10.2 Å². The number of benzene rings is 3. The van der Waals surface area contributed by atoms with Crippen LogP contribution >= 0.6 is 15.9 Å². The Morgan fingerprint density at radius 3 is 2.62 bits per heavy atom. The Morgan fingerprint density at radius 2 is 1.89 bits per heavy atom. The van der Waals surface area contributed by atoms with E-state index >= 15 is 0 Å². The number of rotatable bonds is 6. The molecule has 0 fully saturated rings. The van der Waals surface area contributed by atoms with Crippen molar-refractivity contribution in [2.24, 2.45) is 0 Å². The molecular formula is C34H29BrF3N7O2. The van der Waals surface area contributed by atoms with E-state index in [0.717, 1.165) is 28.1 Å². The zero-order valence-electron chi connectivity index (χ0n) is 25.4. The smallest absolute Gasteiger partial charge is 0.371 e. The van der Waals surface area contributed by atoms with Crippen LogP contribution in [0.3, 0.4) is 0 Å². The molecule has 6 aromatic rings. The molecule has 9 nitrogen and oxygen atoms in total. The van der Waals surface area contributed by atoms with Gasteiger partial charge in [-0.25, -0.2) is 4.52 Å². The number of anilines is 1. The van der Waals surface area contributed by atoms with E-state index in [1.807, 2.05) is 55.5 Å². The first kappa shape index (κ1) is 30.7. The van der Waals surface area contributed by atoms with E-state index in [-0.39, 0.29) is 28.6 Å². The third kappa shape index (κ3) is 5.28. The number of hydrogen-bond donors (Lipinski definition) is 2. The van der Waals surface area contributed by atoms with Crippen molar-refractivity contribution in [3.63, 3.8) is 0 Å². The van der Waals surface area contributed by atoms with Crippen LogP contribution in [-0.2, 0) is 25.6 Å². The zero-order chi connectivity index (χ0) is 33.0. The quantitative estimate of drug-likeness (QED) is 0.200. The lowest BCUT2D eigenvalue weighted by atomic mass is 9.95. The second kappa shape index (κ2) is 11.7. The van der Waals surface area contributed by atoms with Crippen LogP contribution in [-0.4, -0.2) is 48.3 Å². The first-order valence-corrected chi connectivity index (χ1v) is 15.9. The normalized spacial score (nSPS) is 14.9. The number of nitrogens with one attached hydrogen (secondary N) is 2. The summed E-state index contributed by atoms with van der Waals surface area (Å²) < 4.78 is 44.4. The van der Waals surface area contributed by atoms with E-state index in [4.69, 9.17) is 5.10 Å². The van der Waals surface area contributed by atoms with Gasteiger partial charge >= 0.3 is 6.18 Å². The Labute approximate surface area is 275 Å². The molecule has 1 unspecified atom stereocenters. The van der Waals surface area contributed by atoms with Crippen molar-refractivity contribution in [3.8, 4) is 5.69 Å². The van der Waals surface area contributed by atoms with Crippen LogP contribution in [0.1, 0.15) is 51.7 Å². The van der Waals surface area contributed by atoms with Crippen LogP contribution in [0.2, 0.25) is 0 Å². The Kier molecular flexibility index (Phi) is 7.66. The van der Waals surface area contributed by atoms with Crippen molar-refractivity contribution < 1.29 is 18.0 Å². The topological polar surface area (TPSA) is 100 Å². The number of H-pyrrole nitrogens is 1. The molecule has 7 rings (SSSR count). The van der Waals surface area contributed by atoms with Gasteiger partial charge in [-0.05, 0) is 48.4 Å². The molecule has 1 amide bonds. The molecule has 47 heavy (non-hydrogen) atoms. The number of fused-ring (bicyclic) bond motifs is 4. The zero-order valence-corrected chi connectivity index (χ0v) is 27.0. The van der Waals surface area contributed by atoms with Gasteiger partial charge in [0.05, 0.1) is 35.2 Å². The number of carbonyl (C=O) groups excluding carboxylic acids is 1. The third-order valence-corrected chi connectivity index (χ3v) is 9.52. The summed E-state index contributed by atoms with van der Waals surface area (Å²) in [5.74, 6) is 0.145. The van der Waals surface area contributed by atoms with Gasteiger partial charge in [-0.2, -0.15) is 23.4 Å². The molecule has 1 aliphatic rings. The van der Waals surface area contributed by atoms with E-state index in [1.54, 1.807) is 27.2 Å². The minimum atomic E-state index is -4.64. The Morgan fingerprint density at radius 1 is 1.11 bits per heavy atom. The number of aromatic amines is 1. The van der Waals surface area contributed by atoms with E-state index in [9.17, 15) is 22.8 Å². The lowest BCUT2D eigenvalue weighted by Gasteiger charge is -2.36. The van der Waals surface area contributed by atoms with E-state index < -0.39 is 23.7 Å². The van der Waals surface area contributed by atoms with Crippen LogP contribution in [0.15, 0.2) is 82.2 Å². The summed E-state index contributed by atoms with van der Waals surface area (Å²) in [6.45, 7) is 1.90. The molecule has 2 N–H and O–H groups in total. The number of hydrogen-bond acceptors (Lipinski definition) is 5. The molecule has 0 spiro atoms. The fraction of sp³-hybridized carbons (Fsp3) is 0.235. The second-order valence-corrected chi connectivity index (χ2v) is 12.4. The minimum Gasteiger partial charge on any atom is -0.371 e. The number of carbonyl (C=O) groups is 1. The molecule has 240 valence electrons. The predicted molar refractivity (Wildman–Crippen MR) is 176 cm³/mol. The molecule has 4 heterocycles. The van der Waals surface area contributed by atoms with Gasteiger partial charge in [-0.3, -0.25) is 19.3 Å². The van der Waals surface area contributed by atoms with E-state index in [1.165, 1.54) is 12.1 Å². The highest BCUT2D eigenvalue weighted by atomic mass is 79.9. The highest BCUT2D eigenvalue weighted by Crippen LogP contribution is 2.36. The molecule has 0 bridgehead atoms. The van der Waals surface area contributed by atoms with Gasteiger partial charge in [0.2, 0.25) is 0 Å². The molecule has 0 radical (unpaired) electrons. The van der Waals surface area contributed by atoms with Gasteiger partial charge in [-0.1, -0.05) is 53.2 Å². The number of halogens is 4. The molecule has 3 aromatic heterocycles. The van der Waals surface area contributed by atoms with Crippen LogP contribution in [0.25, 0.3) is 22.2 Å². The summed E-state index contributed by atoms with van der Waals surface area (Å²) in [5.41, 5.74) is 3.56. The molecule has 1 aliphatic heterocycles. The number of aromatic nitrogens is 5. The van der Waals surface area contributed by atoms with Crippen molar-refractivity contribution in [3.05, 3.63) is 121 Å². The van der Waals surface area contributed by atoms with Crippen molar-refractivity contribution in [2.75, 3.05) is 12.4 Å². The first-order chi connectivity index (χ1) is 22.6. The number of nitrogens with zero attached hydrogens (tertiary/aromatic N) is 5. The lowest BCUT2D eigenvalue weighted by Crippen LogP contribution is -2.47. The van der Waals surface area contributed by atoms with Gasteiger partial charge in [-0.15, -0.1) is 0 Å². The van der Waals surface area contributed by atoms with Crippen LogP contribution < -0.4 is 10.9 Å². The lowest BCUT2D eigenvalue weighted by molar-refractivity contribution is -0.138. The predicted octanol–water partition coefficient (Wildman–Crippen LogP) is 6.75. The minimum absolute atomic E-state index is 0.00817. The van der Waals surface area contributed by atoms with Gasteiger partial charge in [0.25, 0.3) is 11.5 Å². The van der Waals surface area contributed by atoms with Crippen LogP contribution in [0.5, 0.6) is 0 Å². The summed E-state index contributed by atoms with van der Waals surface area (Å²) in [6.07, 6.45) is -1.69. The van der Waals surface area contributed by atoms with Crippen molar-refractivity contribution in [2.45, 2.75) is 44.9 Å². The standard InChI is InChI=1S/C34H29BrF3N7O2/c1-3-22-15-25-29(18-43(22)32(46)20-9-12-27(35)26(14-20)34(36,37)38)45-31(21(17-40-45)13-19-7-5-4-6-8-19)44(33(25)47)23-10-11-24-28(16-23)41-42-30(24)39-2/h4-12,14,16-17,22H,3,13,15,18H2,1-2H3,(H2,39,41,42). The highest BCUT2D eigenvalue weighted by molar-refractivity contribution is 9.10. The molecule has 0 saturated carbocycles. The summed E-state index contributed by atoms with van der Waals surface area (Å²) >= 11 is 2.96. The maximum atomic E-state index is 14.6. The van der Waals surface area contributed by atoms with E-state index in [2.05, 4.69) is 31.4 Å². The maximum Gasteiger partial charge on any atom is 0.417 e. The Hall–Kier alpha value is -4.91. The fourth-order valence-electron chi connectivity index (χ4n) is 6.46. The average Bonchev–Trinajstić information content (AvgIpc) is 3.68. The van der Waals surface area contributed by atoms with Crippen molar-refractivity contribution in [1.29, 1.82) is 0 Å². The summed E-state index contributed by atoms with van der Waals surface area (Å²) in [5, 5.41) is 16.0. The van der Waals surface area contributed by atoms with Crippen molar-refractivity contribution in [1.82, 2.24) is 29.3 Å². The first-order valence-electron chi connectivity index (χ1n) is 15.1. The summed E-state index contributed by atoms with van der Waals surface area (Å²) in [7, 11) is 1.79.